The summed E-state index contributed by atoms with van der Waals surface area (Å²) < 4.78 is 0. The minimum Gasteiger partial charge on any atom is -0.384 e. The highest BCUT2D eigenvalue weighted by molar-refractivity contribution is 5.95. The van der Waals surface area contributed by atoms with Crippen molar-refractivity contribution in [2.75, 3.05) is 18.4 Å². The highest BCUT2D eigenvalue weighted by Gasteiger charge is 2.12. The second-order valence-corrected chi connectivity index (χ2v) is 4.16. The van der Waals surface area contributed by atoms with Crippen molar-refractivity contribution in [1.82, 2.24) is 5.32 Å². The summed E-state index contributed by atoms with van der Waals surface area (Å²) in [6.07, 6.45) is 3.20. The Labute approximate surface area is 96.2 Å². The summed E-state index contributed by atoms with van der Waals surface area (Å²) in [5.41, 5.74) is 3.18. The van der Waals surface area contributed by atoms with E-state index in [1.165, 1.54) is 5.56 Å². The van der Waals surface area contributed by atoms with Crippen LogP contribution in [0.1, 0.15) is 35.7 Å². The standard InChI is InChI=1S/C13H18N2O/c1-2-3-7-15-13(16)11-5-4-10-6-8-14-12(10)9-11/h4-5,9,14H,2-3,6-8H2,1H3,(H,15,16). The van der Waals surface area contributed by atoms with Crippen LogP contribution in [-0.4, -0.2) is 19.0 Å². The second-order valence-electron chi connectivity index (χ2n) is 4.16. The van der Waals surface area contributed by atoms with Crippen molar-refractivity contribution >= 4 is 11.6 Å². The molecule has 0 spiro atoms. The summed E-state index contributed by atoms with van der Waals surface area (Å²) in [6.45, 7) is 3.86. The molecule has 0 bridgehead atoms. The van der Waals surface area contributed by atoms with E-state index in [2.05, 4.69) is 17.6 Å². The van der Waals surface area contributed by atoms with E-state index in [9.17, 15) is 4.79 Å². The number of benzene rings is 1. The van der Waals surface area contributed by atoms with E-state index in [1.54, 1.807) is 0 Å². The summed E-state index contributed by atoms with van der Waals surface area (Å²) in [5.74, 6) is 0.0324. The quantitative estimate of drug-likeness (QED) is 0.761. The molecule has 3 nitrogen and oxygen atoms in total. The van der Waals surface area contributed by atoms with Crippen LogP contribution in [0.3, 0.4) is 0 Å². The number of hydrogen-bond donors (Lipinski definition) is 2. The number of amides is 1. The van der Waals surface area contributed by atoms with Crippen LogP contribution in [0.4, 0.5) is 5.69 Å². The molecule has 0 saturated carbocycles. The first-order valence-corrected chi connectivity index (χ1v) is 5.96. The summed E-state index contributed by atoms with van der Waals surface area (Å²) >= 11 is 0. The molecule has 0 aromatic heterocycles. The van der Waals surface area contributed by atoms with E-state index < -0.39 is 0 Å². The van der Waals surface area contributed by atoms with Crippen LogP contribution in [0.15, 0.2) is 18.2 Å². The molecule has 0 aliphatic carbocycles. The lowest BCUT2D eigenvalue weighted by atomic mass is 10.1. The van der Waals surface area contributed by atoms with Crippen LogP contribution < -0.4 is 10.6 Å². The molecule has 16 heavy (non-hydrogen) atoms. The first-order chi connectivity index (χ1) is 7.81. The molecule has 3 heteroatoms. The summed E-state index contributed by atoms with van der Waals surface area (Å²) in [7, 11) is 0. The molecule has 2 rings (SSSR count). The van der Waals surface area contributed by atoms with Gasteiger partial charge in [0.25, 0.3) is 5.91 Å². The Morgan fingerprint density at radius 2 is 2.38 bits per heavy atom. The van der Waals surface area contributed by atoms with Crippen molar-refractivity contribution in [1.29, 1.82) is 0 Å². The van der Waals surface area contributed by atoms with Gasteiger partial charge in [0.2, 0.25) is 0 Å². The molecule has 1 amide bonds. The van der Waals surface area contributed by atoms with Crippen molar-refractivity contribution in [3.05, 3.63) is 29.3 Å². The maximum atomic E-state index is 11.8. The number of hydrogen-bond acceptors (Lipinski definition) is 2. The van der Waals surface area contributed by atoms with Gasteiger partial charge in [-0.05, 0) is 30.5 Å². The highest BCUT2D eigenvalue weighted by Crippen LogP contribution is 2.22. The zero-order valence-electron chi connectivity index (χ0n) is 9.68. The SMILES string of the molecule is CCCCNC(=O)c1ccc2c(c1)NCC2. The minimum atomic E-state index is 0.0324. The number of nitrogens with one attached hydrogen (secondary N) is 2. The molecule has 1 aromatic rings. The third-order valence-corrected chi connectivity index (χ3v) is 2.90. The van der Waals surface area contributed by atoms with Gasteiger partial charge < -0.3 is 10.6 Å². The van der Waals surface area contributed by atoms with Gasteiger partial charge in [-0.3, -0.25) is 4.79 Å². The lowest BCUT2D eigenvalue weighted by Crippen LogP contribution is -2.24. The Bertz CT molecular complexity index is 388. The fourth-order valence-corrected chi connectivity index (χ4v) is 1.91. The number of fused-ring (bicyclic) bond motifs is 1. The molecule has 0 fully saturated rings. The number of unbranched alkanes of at least 4 members (excludes halogenated alkanes) is 1. The fraction of sp³-hybridized carbons (Fsp3) is 0.462. The summed E-state index contributed by atoms with van der Waals surface area (Å²) in [4.78, 5) is 11.8. The Kier molecular flexibility index (Phi) is 3.44. The lowest BCUT2D eigenvalue weighted by molar-refractivity contribution is 0.0953. The lowest BCUT2D eigenvalue weighted by Gasteiger charge is -2.06. The minimum absolute atomic E-state index is 0.0324. The molecule has 0 atom stereocenters. The highest BCUT2D eigenvalue weighted by atomic mass is 16.1. The van der Waals surface area contributed by atoms with Gasteiger partial charge in [0.05, 0.1) is 0 Å². The average molecular weight is 218 g/mol. The number of carbonyl (C=O) groups excluding carboxylic acids is 1. The van der Waals surface area contributed by atoms with Crippen molar-refractivity contribution < 1.29 is 4.79 Å². The maximum Gasteiger partial charge on any atom is 0.251 e. The third-order valence-electron chi connectivity index (χ3n) is 2.90. The van der Waals surface area contributed by atoms with Gasteiger partial charge in [0.1, 0.15) is 0 Å². The van der Waals surface area contributed by atoms with Crippen molar-refractivity contribution in [3.8, 4) is 0 Å². The van der Waals surface area contributed by atoms with Crippen molar-refractivity contribution in [3.63, 3.8) is 0 Å². The van der Waals surface area contributed by atoms with E-state index in [0.717, 1.165) is 43.6 Å². The molecule has 1 aliphatic heterocycles. The molecule has 2 N–H and O–H groups in total. The van der Waals surface area contributed by atoms with Crippen molar-refractivity contribution in [2.24, 2.45) is 0 Å². The van der Waals surface area contributed by atoms with Gasteiger partial charge >= 0.3 is 0 Å². The van der Waals surface area contributed by atoms with Gasteiger partial charge in [-0.15, -0.1) is 0 Å². The number of carbonyl (C=O) groups is 1. The van der Waals surface area contributed by atoms with E-state index in [-0.39, 0.29) is 5.91 Å². The molecule has 86 valence electrons. The Balaban J connectivity index is 2.01. The zero-order chi connectivity index (χ0) is 11.4. The maximum absolute atomic E-state index is 11.8. The monoisotopic (exact) mass is 218 g/mol. The number of anilines is 1. The average Bonchev–Trinajstić information content (AvgIpc) is 2.76. The molecule has 1 aromatic carbocycles. The van der Waals surface area contributed by atoms with E-state index in [4.69, 9.17) is 0 Å². The molecule has 1 heterocycles. The Morgan fingerprint density at radius 3 is 3.19 bits per heavy atom. The van der Waals surface area contributed by atoms with Gasteiger partial charge in [0, 0.05) is 24.3 Å². The van der Waals surface area contributed by atoms with Gasteiger partial charge in [-0.1, -0.05) is 19.4 Å². The van der Waals surface area contributed by atoms with Crippen LogP contribution in [0.25, 0.3) is 0 Å². The van der Waals surface area contributed by atoms with Crippen LogP contribution in [-0.2, 0) is 6.42 Å². The zero-order valence-corrected chi connectivity index (χ0v) is 9.68. The second kappa shape index (κ2) is 5.01. The van der Waals surface area contributed by atoms with Crippen LogP contribution in [0, 0.1) is 0 Å². The Hall–Kier alpha value is -1.51. The molecular formula is C13H18N2O. The van der Waals surface area contributed by atoms with Gasteiger partial charge in [-0.25, -0.2) is 0 Å². The van der Waals surface area contributed by atoms with Crippen LogP contribution in [0.2, 0.25) is 0 Å². The van der Waals surface area contributed by atoms with E-state index in [0.29, 0.717) is 0 Å². The predicted octanol–water partition coefficient (Wildman–Crippen LogP) is 2.18. The van der Waals surface area contributed by atoms with Crippen molar-refractivity contribution in [2.45, 2.75) is 26.2 Å². The molecule has 0 unspecified atom stereocenters. The third kappa shape index (κ3) is 2.35. The largest absolute Gasteiger partial charge is 0.384 e. The molecule has 0 radical (unpaired) electrons. The van der Waals surface area contributed by atoms with Crippen LogP contribution in [0.5, 0.6) is 0 Å². The molecule has 1 aliphatic rings. The predicted molar refractivity (Wildman–Crippen MR) is 65.9 cm³/mol. The first-order valence-electron chi connectivity index (χ1n) is 5.96. The van der Waals surface area contributed by atoms with E-state index in [1.807, 2.05) is 18.2 Å². The molecular weight excluding hydrogens is 200 g/mol. The van der Waals surface area contributed by atoms with Gasteiger partial charge in [-0.2, -0.15) is 0 Å². The fourth-order valence-electron chi connectivity index (χ4n) is 1.91. The number of rotatable bonds is 4. The van der Waals surface area contributed by atoms with E-state index >= 15 is 0 Å². The topological polar surface area (TPSA) is 41.1 Å². The molecule has 0 saturated heterocycles. The van der Waals surface area contributed by atoms with Gasteiger partial charge in [0.15, 0.2) is 0 Å². The Morgan fingerprint density at radius 1 is 1.50 bits per heavy atom. The summed E-state index contributed by atoms with van der Waals surface area (Å²) in [5, 5.41) is 6.21. The smallest absolute Gasteiger partial charge is 0.251 e. The first kappa shape index (κ1) is 11.0. The van der Waals surface area contributed by atoms with Crippen LogP contribution >= 0.6 is 0 Å². The normalized spacial score (nSPS) is 13.1. The summed E-state index contributed by atoms with van der Waals surface area (Å²) in [6, 6.07) is 5.90.